The molecule has 0 saturated heterocycles. The van der Waals surface area contributed by atoms with Gasteiger partial charge in [0.2, 0.25) is 0 Å². The second-order valence-corrected chi connectivity index (χ2v) is 29.7. The zero-order valence-corrected chi connectivity index (χ0v) is 61.3. The van der Waals surface area contributed by atoms with Crippen LogP contribution in [0.25, 0.3) is 0 Å². The van der Waals surface area contributed by atoms with Crippen molar-refractivity contribution in [1.82, 2.24) is 0 Å². The first-order valence-electron chi connectivity index (χ1n) is 37.2. The first kappa shape index (κ1) is 89.5. The summed E-state index contributed by atoms with van der Waals surface area (Å²) < 4.78 is 68.3. The van der Waals surface area contributed by atoms with Crippen LogP contribution in [0.2, 0.25) is 0 Å². The van der Waals surface area contributed by atoms with Crippen LogP contribution in [-0.4, -0.2) is 96.7 Å². The van der Waals surface area contributed by atoms with Crippen LogP contribution in [0, 0.1) is 17.8 Å². The summed E-state index contributed by atoms with van der Waals surface area (Å²) in [5.41, 5.74) is 0. The van der Waals surface area contributed by atoms with E-state index in [-0.39, 0.29) is 25.7 Å². The molecular weight excluding hydrogens is 1210 g/mol. The van der Waals surface area contributed by atoms with Gasteiger partial charge in [-0.25, -0.2) is 9.13 Å². The number of hydrogen-bond donors (Lipinski definition) is 3. The Morgan fingerprint density at radius 2 is 0.641 bits per heavy atom. The number of allylic oxidation sites excluding steroid dienone is 4. The average molecular weight is 1350 g/mol. The van der Waals surface area contributed by atoms with Crippen molar-refractivity contribution in [2.75, 3.05) is 39.6 Å². The topological polar surface area (TPSA) is 237 Å². The number of ether oxygens (including phenoxy) is 4. The fraction of sp³-hybridized carbons (Fsp3) is 0.890. The minimum atomic E-state index is -4.96. The number of hydrogen-bond acceptors (Lipinski definition) is 15. The van der Waals surface area contributed by atoms with E-state index in [0.717, 1.165) is 127 Å². The van der Waals surface area contributed by atoms with Crippen LogP contribution in [0.4, 0.5) is 0 Å². The minimum absolute atomic E-state index is 0.0997. The third-order valence-electron chi connectivity index (χ3n) is 16.6. The standard InChI is InChI=1S/C73H138O17P2/c1-8-10-11-12-13-14-15-16-17-20-23-26-32-40-47-54-70(75)83-60-68(89-72(77)56-49-42-33-27-24-21-18-19-22-25-30-37-44-51-64(3)4)62-87-91(79,80)85-58-67(74)59-86-92(81,82)88-63-69(61-84-71(76)55-48-41-36-35-38-45-52-65(5)6)90-73(78)57-50-43-34-29-28-31-39-46-53-66(7)9-2/h14-17,64-69,74H,8-13,18-63H2,1-7H3,(H,79,80)(H,81,82)/b15-14-,17-16-/t66?,67-,68-,69-/m1/s1. The molecule has 0 aromatic heterocycles. The lowest BCUT2D eigenvalue weighted by molar-refractivity contribution is -0.161. The molecule has 0 rings (SSSR count). The molecule has 0 aliphatic carbocycles. The summed E-state index contributed by atoms with van der Waals surface area (Å²) in [5.74, 6) is 0.0740. The van der Waals surface area contributed by atoms with Crippen molar-refractivity contribution in [1.29, 1.82) is 0 Å². The predicted molar refractivity (Wildman–Crippen MR) is 372 cm³/mol. The normalized spacial score (nSPS) is 14.6. The summed E-state index contributed by atoms with van der Waals surface area (Å²) in [7, 11) is -9.92. The Kier molecular flexibility index (Phi) is 61.6. The zero-order chi connectivity index (χ0) is 68.0. The number of phosphoric acid groups is 2. The lowest BCUT2D eigenvalue weighted by Gasteiger charge is -2.21. The third-order valence-corrected chi connectivity index (χ3v) is 18.5. The number of rotatable bonds is 69. The Hall–Kier alpha value is -2.46. The van der Waals surface area contributed by atoms with Crippen molar-refractivity contribution in [3.05, 3.63) is 24.3 Å². The van der Waals surface area contributed by atoms with Crippen molar-refractivity contribution in [2.24, 2.45) is 17.8 Å². The molecule has 0 aliphatic heterocycles. The lowest BCUT2D eigenvalue weighted by atomic mass is 9.99. The van der Waals surface area contributed by atoms with Gasteiger partial charge in [-0.05, 0) is 69.1 Å². The number of carbonyl (C=O) groups is 4. The van der Waals surface area contributed by atoms with Crippen LogP contribution in [0.3, 0.4) is 0 Å². The SMILES string of the molecule is CCCCCC/C=C\C=C/CCCCCCCC(=O)OC[C@H](COP(=O)(O)OC[C@@H](O)COP(=O)(O)OC[C@@H](COC(=O)CCCCCCCCC(C)C)OC(=O)CCCCCCCCCCC(C)CC)OC(=O)CCCCCCCCCCCCCCCC(C)C. The summed E-state index contributed by atoms with van der Waals surface area (Å²) in [5, 5.41) is 10.6. The highest BCUT2D eigenvalue weighted by atomic mass is 31.2. The number of carbonyl (C=O) groups excluding carboxylic acids is 4. The second kappa shape index (κ2) is 63.3. The van der Waals surface area contributed by atoms with E-state index in [1.54, 1.807) is 0 Å². The lowest BCUT2D eigenvalue weighted by Crippen LogP contribution is -2.30. The van der Waals surface area contributed by atoms with Gasteiger partial charge in [0.1, 0.15) is 19.3 Å². The second-order valence-electron chi connectivity index (χ2n) is 26.8. The number of aliphatic hydroxyl groups is 1. The van der Waals surface area contributed by atoms with E-state index < -0.39 is 97.5 Å². The van der Waals surface area contributed by atoms with E-state index in [0.29, 0.717) is 31.6 Å². The maximum atomic E-state index is 13.0. The first-order chi connectivity index (χ1) is 44.3. The molecule has 0 spiro atoms. The highest BCUT2D eigenvalue weighted by Gasteiger charge is 2.30. The largest absolute Gasteiger partial charge is 0.472 e. The van der Waals surface area contributed by atoms with E-state index >= 15 is 0 Å². The van der Waals surface area contributed by atoms with E-state index in [1.807, 2.05) is 0 Å². The van der Waals surface area contributed by atoms with Gasteiger partial charge in [0.05, 0.1) is 26.4 Å². The number of aliphatic hydroxyl groups excluding tert-OH is 1. The van der Waals surface area contributed by atoms with Crippen molar-refractivity contribution in [3.8, 4) is 0 Å². The molecule has 542 valence electrons. The fourth-order valence-electron chi connectivity index (χ4n) is 10.5. The van der Waals surface area contributed by atoms with Crippen LogP contribution in [0.1, 0.15) is 344 Å². The molecule has 6 atom stereocenters. The van der Waals surface area contributed by atoms with Crippen LogP contribution in [0.15, 0.2) is 24.3 Å². The zero-order valence-electron chi connectivity index (χ0n) is 59.5. The Morgan fingerprint density at radius 1 is 0.359 bits per heavy atom. The van der Waals surface area contributed by atoms with Crippen molar-refractivity contribution in [3.63, 3.8) is 0 Å². The number of phosphoric ester groups is 2. The van der Waals surface area contributed by atoms with Gasteiger partial charge in [-0.2, -0.15) is 0 Å². The van der Waals surface area contributed by atoms with Crippen LogP contribution >= 0.6 is 15.6 Å². The number of esters is 4. The molecule has 0 saturated carbocycles. The summed E-state index contributed by atoms with van der Waals surface area (Å²) in [6, 6.07) is 0. The van der Waals surface area contributed by atoms with Crippen molar-refractivity contribution in [2.45, 2.75) is 362 Å². The van der Waals surface area contributed by atoms with Crippen molar-refractivity contribution < 1.29 is 80.2 Å². The average Bonchev–Trinajstić information content (AvgIpc) is 3.48. The molecule has 19 heteroatoms. The first-order valence-corrected chi connectivity index (χ1v) is 40.2. The molecular formula is C73H138O17P2. The predicted octanol–water partition coefficient (Wildman–Crippen LogP) is 20.6. The molecule has 0 bridgehead atoms. The molecule has 0 amide bonds. The molecule has 3 unspecified atom stereocenters. The maximum absolute atomic E-state index is 13.0. The van der Waals surface area contributed by atoms with Gasteiger partial charge < -0.3 is 33.8 Å². The number of unbranched alkanes of at least 4 members (excludes halogenated alkanes) is 33. The molecule has 0 aromatic rings. The fourth-order valence-corrected chi connectivity index (χ4v) is 12.1. The monoisotopic (exact) mass is 1350 g/mol. The van der Waals surface area contributed by atoms with Crippen LogP contribution < -0.4 is 0 Å². The van der Waals surface area contributed by atoms with Gasteiger partial charge in [0.25, 0.3) is 0 Å². The van der Waals surface area contributed by atoms with E-state index in [4.69, 9.17) is 37.0 Å². The summed E-state index contributed by atoms with van der Waals surface area (Å²) >= 11 is 0. The molecule has 92 heavy (non-hydrogen) atoms. The highest BCUT2D eigenvalue weighted by Crippen LogP contribution is 2.45. The molecule has 17 nitrogen and oxygen atoms in total. The molecule has 3 N–H and O–H groups in total. The Morgan fingerprint density at radius 3 is 0.967 bits per heavy atom. The highest BCUT2D eigenvalue weighted by molar-refractivity contribution is 7.47. The van der Waals surface area contributed by atoms with Crippen LogP contribution in [-0.2, 0) is 65.4 Å². The van der Waals surface area contributed by atoms with E-state index in [9.17, 15) is 43.2 Å². The molecule has 0 heterocycles. The van der Waals surface area contributed by atoms with E-state index in [2.05, 4.69) is 72.8 Å². The Labute approximate surface area is 561 Å². The van der Waals surface area contributed by atoms with Gasteiger partial charge >= 0.3 is 39.5 Å². The molecule has 0 aliphatic rings. The third kappa shape index (κ3) is 64.9. The van der Waals surface area contributed by atoms with Gasteiger partial charge in [-0.15, -0.1) is 0 Å². The van der Waals surface area contributed by atoms with E-state index in [1.165, 1.54) is 128 Å². The molecule has 0 fully saturated rings. The van der Waals surface area contributed by atoms with Gasteiger partial charge in [-0.1, -0.05) is 291 Å². The van der Waals surface area contributed by atoms with Gasteiger partial charge in [-0.3, -0.25) is 37.3 Å². The summed E-state index contributed by atoms with van der Waals surface area (Å²) in [6.07, 6.45) is 50.9. The summed E-state index contributed by atoms with van der Waals surface area (Å²) in [4.78, 5) is 72.6. The summed E-state index contributed by atoms with van der Waals surface area (Å²) in [6.45, 7) is 11.7. The minimum Gasteiger partial charge on any atom is -0.462 e. The smallest absolute Gasteiger partial charge is 0.462 e. The molecule has 0 aromatic carbocycles. The van der Waals surface area contributed by atoms with Gasteiger partial charge in [0.15, 0.2) is 12.2 Å². The van der Waals surface area contributed by atoms with Crippen LogP contribution in [0.5, 0.6) is 0 Å². The Balaban J connectivity index is 5.29. The van der Waals surface area contributed by atoms with Crippen molar-refractivity contribution >= 4 is 39.5 Å². The van der Waals surface area contributed by atoms with Gasteiger partial charge in [0, 0.05) is 25.7 Å². The maximum Gasteiger partial charge on any atom is 0.472 e. The molecule has 0 radical (unpaired) electrons. The Bertz CT molecular complexity index is 1900. The quantitative estimate of drug-likeness (QED) is 0.0169.